The average Bonchev–Trinajstić information content (AvgIpc) is 2.94. The van der Waals surface area contributed by atoms with Crippen LogP contribution in [0.4, 0.5) is 0 Å². The highest BCUT2D eigenvalue weighted by atomic mass is 16.5. The van der Waals surface area contributed by atoms with Crippen molar-refractivity contribution in [2.75, 3.05) is 0 Å². The van der Waals surface area contributed by atoms with E-state index in [0.717, 1.165) is 36.9 Å². The highest BCUT2D eigenvalue weighted by Crippen LogP contribution is 2.37. The molecule has 1 unspecified atom stereocenters. The lowest BCUT2D eigenvalue weighted by molar-refractivity contribution is 0.251. The standard InChI is InChI=1S/C16H29N3O/c1-4-5-6-14(17)16-18-15(19-20-16)13-9-7-12(8-10-13)11(2)3/h11-14H,4-10,17H2,1-3H3. The van der Waals surface area contributed by atoms with E-state index in [0.29, 0.717) is 11.8 Å². The van der Waals surface area contributed by atoms with Crippen LogP contribution in [0.1, 0.15) is 89.4 Å². The lowest BCUT2D eigenvalue weighted by Crippen LogP contribution is -2.18. The SMILES string of the molecule is CCCCC(N)c1nc(C2CCC(C(C)C)CC2)no1. The average molecular weight is 279 g/mol. The Hall–Kier alpha value is -0.900. The van der Waals surface area contributed by atoms with Gasteiger partial charge in [-0.05, 0) is 43.9 Å². The van der Waals surface area contributed by atoms with Crippen molar-refractivity contribution in [1.82, 2.24) is 10.1 Å². The van der Waals surface area contributed by atoms with Crippen molar-refractivity contribution >= 4 is 0 Å². The quantitative estimate of drug-likeness (QED) is 0.848. The zero-order valence-electron chi connectivity index (χ0n) is 13.1. The second kappa shape index (κ2) is 7.21. The van der Waals surface area contributed by atoms with E-state index in [1.54, 1.807) is 0 Å². The Balaban J connectivity index is 1.89. The molecule has 0 aliphatic heterocycles. The molecule has 1 fully saturated rings. The van der Waals surface area contributed by atoms with Crippen molar-refractivity contribution in [3.8, 4) is 0 Å². The number of nitrogens with two attached hydrogens (primary N) is 1. The predicted molar refractivity (Wildman–Crippen MR) is 80.3 cm³/mol. The molecule has 0 aromatic carbocycles. The number of rotatable bonds is 6. The van der Waals surface area contributed by atoms with Gasteiger partial charge in [-0.1, -0.05) is 38.8 Å². The molecule has 1 aromatic rings. The van der Waals surface area contributed by atoms with Crippen LogP contribution in [0.2, 0.25) is 0 Å². The monoisotopic (exact) mass is 279 g/mol. The van der Waals surface area contributed by atoms with Gasteiger partial charge in [-0.15, -0.1) is 0 Å². The van der Waals surface area contributed by atoms with Crippen LogP contribution in [-0.2, 0) is 0 Å². The summed E-state index contributed by atoms with van der Waals surface area (Å²) < 4.78 is 5.36. The first kappa shape index (κ1) is 15.5. The van der Waals surface area contributed by atoms with Crippen LogP contribution in [0.25, 0.3) is 0 Å². The highest BCUT2D eigenvalue weighted by Gasteiger charge is 2.27. The van der Waals surface area contributed by atoms with Gasteiger partial charge in [0.15, 0.2) is 5.82 Å². The maximum Gasteiger partial charge on any atom is 0.243 e. The fraction of sp³-hybridized carbons (Fsp3) is 0.875. The van der Waals surface area contributed by atoms with Gasteiger partial charge in [0.1, 0.15) is 0 Å². The summed E-state index contributed by atoms with van der Waals surface area (Å²) in [5.74, 6) is 3.64. The Morgan fingerprint density at radius 2 is 1.95 bits per heavy atom. The van der Waals surface area contributed by atoms with Gasteiger partial charge in [0.05, 0.1) is 6.04 Å². The fourth-order valence-corrected chi connectivity index (χ4v) is 3.16. The van der Waals surface area contributed by atoms with Gasteiger partial charge in [-0.25, -0.2) is 0 Å². The molecule has 0 saturated heterocycles. The lowest BCUT2D eigenvalue weighted by Gasteiger charge is -2.29. The minimum absolute atomic E-state index is 0.0943. The van der Waals surface area contributed by atoms with Gasteiger partial charge in [0.25, 0.3) is 0 Å². The first-order valence-electron chi connectivity index (χ1n) is 8.20. The summed E-state index contributed by atoms with van der Waals surface area (Å²) in [6.07, 6.45) is 8.13. The molecule has 4 nitrogen and oxygen atoms in total. The minimum atomic E-state index is -0.0943. The van der Waals surface area contributed by atoms with Crippen molar-refractivity contribution in [3.63, 3.8) is 0 Å². The number of hydrogen-bond acceptors (Lipinski definition) is 4. The van der Waals surface area contributed by atoms with Crippen LogP contribution < -0.4 is 5.73 Å². The molecule has 0 radical (unpaired) electrons. The topological polar surface area (TPSA) is 64.9 Å². The van der Waals surface area contributed by atoms with Crippen molar-refractivity contribution in [1.29, 1.82) is 0 Å². The predicted octanol–water partition coefficient (Wildman–Crippen LogP) is 4.19. The number of unbranched alkanes of at least 4 members (excludes halogenated alkanes) is 1. The molecule has 0 spiro atoms. The van der Waals surface area contributed by atoms with E-state index >= 15 is 0 Å². The summed E-state index contributed by atoms with van der Waals surface area (Å²) in [5.41, 5.74) is 6.09. The third-order valence-electron chi connectivity index (χ3n) is 4.72. The molecular weight excluding hydrogens is 250 g/mol. The molecule has 0 amide bonds. The van der Waals surface area contributed by atoms with E-state index in [-0.39, 0.29) is 6.04 Å². The van der Waals surface area contributed by atoms with Crippen molar-refractivity contribution in [3.05, 3.63) is 11.7 Å². The van der Waals surface area contributed by atoms with E-state index in [4.69, 9.17) is 10.3 Å². The van der Waals surface area contributed by atoms with Crippen LogP contribution >= 0.6 is 0 Å². The second-order valence-electron chi connectivity index (χ2n) is 6.60. The summed E-state index contributed by atoms with van der Waals surface area (Å²) in [6.45, 7) is 6.81. The zero-order chi connectivity index (χ0) is 14.5. The van der Waals surface area contributed by atoms with Crippen molar-refractivity contribution in [2.24, 2.45) is 17.6 Å². The molecule has 20 heavy (non-hydrogen) atoms. The Morgan fingerprint density at radius 1 is 1.25 bits per heavy atom. The van der Waals surface area contributed by atoms with Crippen LogP contribution in [0.15, 0.2) is 4.52 Å². The minimum Gasteiger partial charge on any atom is -0.338 e. The zero-order valence-corrected chi connectivity index (χ0v) is 13.1. The van der Waals surface area contributed by atoms with Gasteiger partial charge < -0.3 is 10.3 Å². The maximum absolute atomic E-state index is 6.09. The first-order valence-corrected chi connectivity index (χ1v) is 8.20. The molecule has 0 bridgehead atoms. The van der Waals surface area contributed by atoms with E-state index in [1.807, 2.05) is 0 Å². The van der Waals surface area contributed by atoms with Crippen LogP contribution in [0.3, 0.4) is 0 Å². The van der Waals surface area contributed by atoms with Gasteiger partial charge in [0, 0.05) is 5.92 Å². The second-order valence-corrected chi connectivity index (χ2v) is 6.60. The fourth-order valence-electron chi connectivity index (χ4n) is 3.16. The van der Waals surface area contributed by atoms with Crippen LogP contribution in [0.5, 0.6) is 0 Å². The first-order chi connectivity index (χ1) is 9.61. The summed E-state index contributed by atoms with van der Waals surface area (Å²) in [5, 5.41) is 4.17. The summed E-state index contributed by atoms with van der Waals surface area (Å²) >= 11 is 0. The molecule has 1 atom stereocenters. The molecule has 1 aliphatic rings. The summed E-state index contributed by atoms with van der Waals surface area (Å²) in [7, 11) is 0. The van der Waals surface area contributed by atoms with E-state index in [1.165, 1.54) is 25.7 Å². The lowest BCUT2D eigenvalue weighted by atomic mass is 9.77. The van der Waals surface area contributed by atoms with Crippen LogP contribution in [-0.4, -0.2) is 10.1 Å². The highest BCUT2D eigenvalue weighted by molar-refractivity contribution is 5.00. The summed E-state index contributed by atoms with van der Waals surface area (Å²) in [4.78, 5) is 4.55. The van der Waals surface area contributed by atoms with Gasteiger partial charge in [0.2, 0.25) is 5.89 Å². The van der Waals surface area contributed by atoms with Crippen molar-refractivity contribution in [2.45, 2.75) is 77.7 Å². The van der Waals surface area contributed by atoms with Gasteiger partial charge >= 0.3 is 0 Å². The molecule has 114 valence electrons. The van der Waals surface area contributed by atoms with E-state index < -0.39 is 0 Å². The molecule has 2 N–H and O–H groups in total. The Bertz CT molecular complexity index is 394. The number of hydrogen-bond donors (Lipinski definition) is 1. The van der Waals surface area contributed by atoms with Crippen LogP contribution in [0, 0.1) is 11.8 Å². The molecule has 2 rings (SSSR count). The third-order valence-corrected chi connectivity index (χ3v) is 4.72. The van der Waals surface area contributed by atoms with Crippen molar-refractivity contribution < 1.29 is 4.52 Å². The largest absolute Gasteiger partial charge is 0.338 e. The molecule has 1 saturated carbocycles. The smallest absolute Gasteiger partial charge is 0.243 e. The molecule has 1 heterocycles. The normalized spacial score (nSPS) is 25.1. The Kier molecular flexibility index (Phi) is 5.58. The van der Waals surface area contributed by atoms with E-state index in [9.17, 15) is 0 Å². The Labute approximate surface area is 122 Å². The molecule has 1 aliphatic carbocycles. The molecule has 4 heteroatoms. The summed E-state index contributed by atoms with van der Waals surface area (Å²) in [6, 6.07) is -0.0943. The van der Waals surface area contributed by atoms with E-state index in [2.05, 4.69) is 30.9 Å². The Morgan fingerprint density at radius 3 is 2.55 bits per heavy atom. The molecule has 1 aromatic heterocycles. The number of aromatic nitrogens is 2. The third kappa shape index (κ3) is 3.81. The number of nitrogens with zero attached hydrogens (tertiary/aromatic N) is 2. The molecular formula is C16H29N3O. The maximum atomic E-state index is 6.09. The van der Waals surface area contributed by atoms with Gasteiger partial charge in [-0.2, -0.15) is 4.98 Å². The van der Waals surface area contributed by atoms with Gasteiger partial charge in [-0.3, -0.25) is 0 Å².